The minimum atomic E-state index is -0.392. The first kappa shape index (κ1) is 27.5. The molecule has 0 saturated heterocycles. The SMILES string of the molecule is CC(C)CN(CC(C)C)c1ccc(/C=N\NC(=O)Cn2c3ccccc3c(=O)c3ccccc32)cc1[N+](=O)[O-]. The molecular weight excluding hydrogens is 494 g/mol. The zero-order valence-corrected chi connectivity index (χ0v) is 22.6. The van der Waals surface area contributed by atoms with Gasteiger partial charge >= 0.3 is 0 Å². The topological polar surface area (TPSA) is 110 Å². The Bertz CT molecular complexity index is 1540. The standard InChI is InChI=1S/C30H33N5O4/c1-20(2)17-33(18-21(3)4)27-14-13-22(15-28(27)35(38)39)16-31-32-29(36)19-34-25-11-7-5-9-23(25)30(37)24-10-6-8-12-26(24)34/h5-16,20-21H,17-19H2,1-4H3,(H,32,36)/b31-16-. The molecule has 0 aliphatic carbocycles. The normalized spacial score (nSPS) is 11.6. The molecule has 1 aromatic heterocycles. The Morgan fingerprint density at radius 1 is 0.974 bits per heavy atom. The van der Waals surface area contributed by atoms with E-state index >= 15 is 0 Å². The van der Waals surface area contributed by atoms with Gasteiger partial charge in [0, 0.05) is 35.5 Å². The third-order valence-corrected chi connectivity index (χ3v) is 6.29. The predicted octanol–water partition coefficient (Wildman–Crippen LogP) is 5.33. The lowest BCUT2D eigenvalue weighted by atomic mass is 10.1. The van der Waals surface area contributed by atoms with E-state index in [1.165, 1.54) is 12.3 Å². The largest absolute Gasteiger partial charge is 0.365 e. The van der Waals surface area contributed by atoms with Gasteiger partial charge in [-0.15, -0.1) is 0 Å². The van der Waals surface area contributed by atoms with Crippen LogP contribution in [0.2, 0.25) is 0 Å². The van der Waals surface area contributed by atoms with Gasteiger partial charge < -0.3 is 9.47 Å². The van der Waals surface area contributed by atoms with Gasteiger partial charge in [-0.2, -0.15) is 5.10 Å². The first-order chi connectivity index (χ1) is 18.7. The second-order valence-electron chi connectivity index (χ2n) is 10.4. The summed E-state index contributed by atoms with van der Waals surface area (Å²) < 4.78 is 1.79. The third-order valence-electron chi connectivity index (χ3n) is 6.29. The first-order valence-electron chi connectivity index (χ1n) is 13.0. The molecule has 0 spiro atoms. The van der Waals surface area contributed by atoms with Gasteiger partial charge in [-0.05, 0) is 42.2 Å². The minimum absolute atomic E-state index is 0.00206. The molecular formula is C30H33N5O4. The number of hydrogen-bond donors (Lipinski definition) is 1. The van der Waals surface area contributed by atoms with Crippen molar-refractivity contribution in [2.24, 2.45) is 16.9 Å². The number of hydrazone groups is 1. The highest BCUT2D eigenvalue weighted by molar-refractivity contribution is 5.95. The summed E-state index contributed by atoms with van der Waals surface area (Å²) in [6, 6.07) is 19.3. The van der Waals surface area contributed by atoms with Gasteiger partial charge in [-0.1, -0.05) is 58.0 Å². The summed E-state index contributed by atoms with van der Waals surface area (Å²) in [5.74, 6) is 0.296. The van der Waals surface area contributed by atoms with Gasteiger partial charge in [-0.25, -0.2) is 5.43 Å². The Kier molecular flexibility index (Phi) is 8.39. The van der Waals surface area contributed by atoms with Crippen molar-refractivity contribution in [2.75, 3.05) is 18.0 Å². The molecule has 9 nitrogen and oxygen atoms in total. The number of aromatic nitrogens is 1. The van der Waals surface area contributed by atoms with Crippen molar-refractivity contribution in [1.82, 2.24) is 9.99 Å². The number of anilines is 1. The number of rotatable bonds is 10. The molecule has 3 aromatic carbocycles. The van der Waals surface area contributed by atoms with Gasteiger partial charge in [-0.3, -0.25) is 19.7 Å². The van der Waals surface area contributed by atoms with E-state index < -0.39 is 5.91 Å². The maximum atomic E-state index is 12.9. The summed E-state index contributed by atoms with van der Waals surface area (Å²) in [5.41, 5.74) is 4.80. The number of nitrogens with zero attached hydrogens (tertiary/aromatic N) is 4. The molecule has 0 bridgehead atoms. The summed E-state index contributed by atoms with van der Waals surface area (Å²) in [5, 5.41) is 17.0. The molecule has 1 amide bonds. The van der Waals surface area contributed by atoms with Crippen molar-refractivity contribution in [2.45, 2.75) is 34.2 Å². The molecule has 0 unspecified atom stereocenters. The first-order valence-corrected chi connectivity index (χ1v) is 13.0. The summed E-state index contributed by atoms with van der Waals surface area (Å²) in [6.45, 7) is 9.69. The average molecular weight is 528 g/mol. The van der Waals surface area contributed by atoms with Crippen LogP contribution in [0.3, 0.4) is 0 Å². The molecule has 9 heteroatoms. The van der Waals surface area contributed by atoms with E-state index in [0.29, 0.717) is 58.0 Å². The Labute approximate surface area is 226 Å². The van der Waals surface area contributed by atoms with Crippen molar-refractivity contribution in [3.05, 3.63) is 92.6 Å². The lowest BCUT2D eigenvalue weighted by Crippen LogP contribution is -2.31. The average Bonchev–Trinajstić information content (AvgIpc) is 2.90. The summed E-state index contributed by atoms with van der Waals surface area (Å²) in [7, 11) is 0. The maximum Gasteiger partial charge on any atom is 0.293 e. The van der Waals surface area contributed by atoms with Crippen molar-refractivity contribution in [1.29, 1.82) is 0 Å². The number of amides is 1. The van der Waals surface area contributed by atoms with Gasteiger partial charge in [0.2, 0.25) is 0 Å². The highest BCUT2D eigenvalue weighted by atomic mass is 16.6. The zero-order chi connectivity index (χ0) is 28.1. The van der Waals surface area contributed by atoms with E-state index in [1.807, 2.05) is 24.3 Å². The highest BCUT2D eigenvalue weighted by Gasteiger charge is 2.21. The molecule has 202 valence electrons. The molecule has 0 saturated carbocycles. The molecule has 0 fully saturated rings. The third kappa shape index (κ3) is 6.31. The number of fused-ring (bicyclic) bond motifs is 2. The van der Waals surface area contributed by atoms with Crippen LogP contribution in [0.4, 0.5) is 11.4 Å². The zero-order valence-electron chi connectivity index (χ0n) is 22.6. The molecule has 0 radical (unpaired) electrons. The fourth-order valence-electron chi connectivity index (χ4n) is 4.79. The van der Waals surface area contributed by atoms with E-state index in [4.69, 9.17) is 0 Å². The van der Waals surface area contributed by atoms with Crippen molar-refractivity contribution in [3.8, 4) is 0 Å². The number of nitro groups is 1. The number of hydrogen-bond acceptors (Lipinski definition) is 6. The van der Waals surface area contributed by atoms with Gasteiger partial charge in [0.15, 0.2) is 5.43 Å². The van der Waals surface area contributed by atoms with E-state index in [0.717, 1.165) is 0 Å². The van der Waals surface area contributed by atoms with Crippen LogP contribution >= 0.6 is 0 Å². The number of pyridine rings is 1. The van der Waals surface area contributed by atoms with E-state index in [-0.39, 0.29) is 22.6 Å². The Balaban J connectivity index is 1.56. The van der Waals surface area contributed by atoms with Crippen LogP contribution in [0, 0.1) is 22.0 Å². The molecule has 1 heterocycles. The van der Waals surface area contributed by atoms with Crippen LogP contribution in [0.25, 0.3) is 21.8 Å². The number of nitrogens with one attached hydrogen (secondary N) is 1. The summed E-state index contributed by atoms with van der Waals surface area (Å²) in [6.07, 6.45) is 1.39. The lowest BCUT2D eigenvalue weighted by molar-refractivity contribution is -0.384. The lowest BCUT2D eigenvalue weighted by Gasteiger charge is -2.28. The van der Waals surface area contributed by atoms with E-state index in [1.54, 1.807) is 41.0 Å². The number of benzene rings is 3. The highest BCUT2D eigenvalue weighted by Crippen LogP contribution is 2.30. The monoisotopic (exact) mass is 527 g/mol. The maximum absolute atomic E-state index is 12.9. The van der Waals surface area contributed by atoms with Gasteiger partial charge in [0.1, 0.15) is 12.2 Å². The predicted molar refractivity (Wildman–Crippen MR) is 156 cm³/mol. The van der Waals surface area contributed by atoms with Crippen LogP contribution in [0.5, 0.6) is 0 Å². The summed E-state index contributed by atoms with van der Waals surface area (Å²) in [4.78, 5) is 39.4. The van der Waals surface area contributed by atoms with E-state index in [2.05, 4.69) is 43.1 Å². The van der Waals surface area contributed by atoms with Crippen LogP contribution in [-0.2, 0) is 11.3 Å². The molecule has 0 aliphatic rings. The number of carbonyl (C=O) groups is 1. The molecule has 4 aromatic rings. The summed E-state index contributed by atoms with van der Waals surface area (Å²) >= 11 is 0. The van der Waals surface area contributed by atoms with E-state index in [9.17, 15) is 19.7 Å². The van der Waals surface area contributed by atoms with Gasteiger partial charge in [0.05, 0.1) is 22.2 Å². The molecule has 39 heavy (non-hydrogen) atoms. The fraction of sp³-hybridized carbons (Fsp3) is 0.300. The Morgan fingerprint density at radius 3 is 2.08 bits per heavy atom. The quantitative estimate of drug-likeness (QED) is 0.130. The minimum Gasteiger partial charge on any atom is -0.365 e. The van der Waals surface area contributed by atoms with Crippen LogP contribution < -0.4 is 15.8 Å². The molecule has 0 aliphatic heterocycles. The van der Waals surface area contributed by atoms with Crippen LogP contribution in [-0.4, -0.2) is 34.7 Å². The fourth-order valence-corrected chi connectivity index (χ4v) is 4.79. The molecule has 4 rings (SSSR count). The number of nitro benzene ring substituents is 1. The Hall–Kier alpha value is -4.53. The molecule has 1 N–H and O–H groups in total. The number of carbonyl (C=O) groups excluding carboxylic acids is 1. The van der Waals surface area contributed by atoms with Crippen molar-refractivity contribution < 1.29 is 9.72 Å². The van der Waals surface area contributed by atoms with Crippen molar-refractivity contribution in [3.63, 3.8) is 0 Å². The second kappa shape index (κ2) is 11.9. The van der Waals surface area contributed by atoms with Crippen molar-refractivity contribution >= 4 is 45.3 Å². The second-order valence-corrected chi connectivity index (χ2v) is 10.4. The number of para-hydroxylation sites is 2. The molecule has 0 atom stereocenters. The smallest absolute Gasteiger partial charge is 0.293 e. The van der Waals surface area contributed by atoms with Gasteiger partial charge in [0.25, 0.3) is 11.6 Å². The van der Waals surface area contributed by atoms with Crippen LogP contribution in [0.1, 0.15) is 33.3 Å². The Morgan fingerprint density at radius 2 is 1.54 bits per heavy atom. The van der Waals surface area contributed by atoms with Crippen LogP contribution in [0.15, 0.2) is 76.6 Å².